The van der Waals surface area contributed by atoms with Crippen molar-refractivity contribution in [2.75, 3.05) is 6.79 Å². The Bertz CT molecular complexity index is 661. The fourth-order valence-electron chi connectivity index (χ4n) is 2.07. The lowest BCUT2D eigenvalue weighted by atomic mass is 10.0. The molecular formula is C16H12O4. The Hall–Kier alpha value is -2.62. The molecule has 0 saturated heterocycles. The van der Waals surface area contributed by atoms with Crippen molar-refractivity contribution in [3.8, 4) is 11.5 Å². The molecule has 0 radical (unpaired) electrons. The van der Waals surface area contributed by atoms with Crippen LogP contribution in [-0.2, 0) is 0 Å². The van der Waals surface area contributed by atoms with Crippen LogP contribution in [0.5, 0.6) is 11.5 Å². The van der Waals surface area contributed by atoms with Gasteiger partial charge in [-0.05, 0) is 12.1 Å². The lowest BCUT2D eigenvalue weighted by Crippen LogP contribution is -2.15. The molecule has 0 fully saturated rings. The standard InChI is InChI=1S/C16H12O4/c17-14(11-4-2-1-3-5-11)9-15(18)13-7-6-12-8-16(13)20-10-19-12/h1-8H,9-10H2. The van der Waals surface area contributed by atoms with Gasteiger partial charge >= 0.3 is 0 Å². The van der Waals surface area contributed by atoms with Crippen LogP contribution in [0.1, 0.15) is 27.1 Å². The molecular weight excluding hydrogens is 256 g/mol. The first kappa shape index (κ1) is 12.4. The zero-order valence-corrected chi connectivity index (χ0v) is 10.7. The summed E-state index contributed by atoms with van der Waals surface area (Å²) in [5.74, 6) is 0.693. The van der Waals surface area contributed by atoms with Gasteiger partial charge in [0.1, 0.15) is 11.5 Å². The second kappa shape index (κ2) is 5.17. The minimum Gasteiger partial charge on any atom is -0.457 e. The third-order valence-electron chi connectivity index (χ3n) is 3.11. The van der Waals surface area contributed by atoms with Gasteiger partial charge in [-0.3, -0.25) is 9.59 Å². The Morgan fingerprint density at radius 1 is 0.950 bits per heavy atom. The van der Waals surface area contributed by atoms with Crippen LogP contribution in [-0.4, -0.2) is 18.4 Å². The molecule has 100 valence electrons. The van der Waals surface area contributed by atoms with E-state index in [9.17, 15) is 9.59 Å². The maximum atomic E-state index is 12.2. The second-order valence-electron chi connectivity index (χ2n) is 4.45. The van der Waals surface area contributed by atoms with Crippen molar-refractivity contribution in [1.29, 1.82) is 0 Å². The fraction of sp³-hybridized carbons (Fsp3) is 0.125. The highest BCUT2D eigenvalue weighted by Crippen LogP contribution is 2.29. The van der Waals surface area contributed by atoms with Gasteiger partial charge in [0, 0.05) is 11.6 Å². The number of benzene rings is 2. The zero-order valence-electron chi connectivity index (χ0n) is 10.7. The molecule has 4 heteroatoms. The summed E-state index contributed by atoms with van der Waals surface area (Å²) in [6.07, 6.45) is -0.166. The van der Waals surface area contributed by atoms with E-state index in [2.05, 4.69) is 0 Å². The van der Waals surface area contributed by atoms with Crippen molar-refractivity contribution < 1.29 is 19.1 Å². The topological polar surface area (TPSA) is 52.6 Å². The molecule has 0 saturated carbocycles. The van der Waals surface area contributed by atoms with Gasteiger partial charge in [-0.1, -0.05) is 30.3 Å². The average Bonchev–Trinajstić information content (AvgIpc) is 2.48. The van der Waals surface area contributed by atoms with Crippen molar-refractivity contribution in [3.63, 3.8) is 0 Å². The third kappa shape index (κ3) is 2.40. The molecule has 0 aromatic heterocycles. The molecule has 2 aromatic carbocycles. The largest absolute Gasteiger partial charge is 0.457 e. The van der Waals surface area contributed by atoms with E-state index in [-0.39, 0.29) is 24.8 Å². The lowest BCUT2D eigenvalue weighted by Gasteiger charge is -2.17. The highest BCUT2D eigenvalue weighted by Gasteiger charge is 2.20. The highest BCUT2D eigenvalue weighted by atomic mass is 16.7. The van der Waals surface area contributed by atoms with Crippen LogP contribution in [0.4, 0.5) is 0 Å². The Balaban J connectivity index is 1.79. The first-order chi connectivity index (χ1) is 9.74. The molecule has 2 bridgehead atoms. The number of Topliss-reactive ketones (excluding diaryl/α,β-unsaturated/α-hetero) is 2. The van der Waals surface area contributed by atoms with Crippen LogP contribution >= 0.6 is 0 Å². The van der Waals surface area contributed by atoms with Crippen molar-refractivity contribution in [2.45, 2.75) is 6.42 Å². The normalized spacial score (nSPS) is 12.2. The van der Waals surface area contributed by atoms with Gasteiger partial charge in [-0.2, -0.15) is 0 Å². The molecule has 0 N–H and O–H groups in total. The molecule has 0 unspecified atom stereocenters. The van der Waals surface area contributed by atoms with Gasteiger partial charge in [0.2, 0.25) is 6.79 Å². The van der Waals surface area contributed by atoms with Crippen molar-refractivity contribution >= 4 is 11.6 Å². The number of carbonyl (C=O) groups excluding carboxylic acids is 2. The van der Waals surface area contributed by atoms with E-state index >= 15 is 0 Å². The van der Waals surface area contributed by atoms with E-state index in [0.717, 1.165) is 0 Å². The summed E-state index contributed by atoms with van der Waals surface area (Å²) >= 11 is 0. The lowest BCUT2D eigenvalue weighted by molar-refractivity contribution is 0.0873. The second-order valence-corrected chi connectivity index (χ2v) is 4.45. The highest BCUT2D eigenvalue weighted by molar-refractivity contribution is 6.14. The number of carbonyl (C=O) groups is 2. The number of hydrogen-bond donors (Lipinski definition) is 0. The monoisotopic (exact) mass is 268 g/mol. The van der Waals surface area contributed by atoms with Gasteiger partial charge in [0.05, 0.1) is 12.0 Å². The number of ether oxygens (including phenoxy) is 2. The predicted molar refractivity (Wildman–Crippen MR) is 72.3 cm³/mol. The zero-order chi connectivity index (χ0) is 13.9. The van der Waals surface area contributed by atoms with Crippen LogP contribution < -0.4 is 9.47 Å². The minimum absolute atomic E-state index is 0.0922. The summed E-state index contributed by atoms with van der Waals surface area (Å²) in [4.78, 5) is 24.2. The molecule has 20 heavy (non-hydrogen) atoms. The summed E-state index contributed by atoms with van der Waals surface area (Å²) in [6.45, 7) is 0.0922. The Kier molecular flexibility index (Phi) is 3.21. The van der Waals surface area contributed by atoms with E-state index in [1.165, 1.54) is 0 Å². The first-order valence-electron chi connectivity index (χ1n) is 6.25. The van der Waals surface area contributed by atoms with Crippen LogP contribution in [0.15, 0.2) is 48.5 Å². The summed E-state index contributed by atoms with van der Waals surface area (Å²) in [5.41, 5.74) is 0.955. The van der Waals surface area contributed by atoms with Gasteiger partial charge in [0.15, 0.2) is 11.6 Å². The summed E-state index contributed by atoms with van der Waals surface area (Å²) in [7, 11) is 0. The first-order valence-corrected chi connectivity index (χ1v) is 6.25. The number of hydrogen-bond acceptors (Lipinski definition) is 4. The third-order valence-corrected chi connectivity index (χ3v) is 3.11. The Morgan fingerprint density at radius 3 is 2.55 bits per heavy atom. The van der Waals surface area contributed by atoms with Crippen molar-refractivity contribution in [3.05, 3.63) is 59.7 Å². The van der Waals surface area contributed by atoms with E-state index < -0.39 is 0 Å². The van der Waals surface area contributed by atoms with Crippen molar-refractivity contribution in [1.82, 2.24) is 0 Å². The molecule has 0 spiro atoms. The van der Waals surface area contributed by atoms with Crippen LogP contribution in [0.3, 0.4) is 0 Å². The summed E-state index contributed by atoms with van der Waals surface area (Å²) in [5, 5.41) is 0. The molecule has 2 aromatic rings. The maximum Gasteiger partial charge on any atom is 0.230 e. The average molecular weight is 268 g/mol. The predicted octanol–water partition coefficient (Wildman–Crippen LogP) is 2.87. The summed E-state index contributed by atoms with van der Waals surface area (Å²) in [6, 6.07) is 13.8. The van der Waals surface area contributed by atoms with E-state index in [1.54, 1.807) is 42.5 Å². The molecule has 0 atom stereocenters. The molecule has 1 aliphatic rings. The number of rotatable bonds is 4. The van der Waals surface area contributed by atoms with E-state index in [4.69, 9.17) is 9.47 Å². The van der Waals surface area contributed by atoms with Crippen LogP contribution in [0.2, 0.25) is 0 Å². The van der Waals surface area contributed by atoms with Crippen LogP contribution in [0.25, 0.3) is 0 Å². The quantitative estimate of drug-likeness (QED) is 0.632. The Labute approximate surface area is 115 Å². The molecule has 1 aliphatic heterocycles. The van der Waals surface area contributed by atoms with Gasteiger partial charge in [-0.15, -0.1) is 0 Å². The Morgan fingerprint density at radius 2 is 1.75 bits per heavy atom. The smallest absolute Gasteiger partial charge is 0.230 e. The fourth-order valence-corrected chi connectivity index (χ4v) is 2.07. The SMILES string of the molecule is O=C(CC(=O)c1ccc2cc1OCO2)c1ccccc1. The number of fused-ring (bicyclic) bond motifs is 2. The molecule has 4 nitrogen and oxygen atoms in total. The summed E-state index contributed by atoms with van der Waals surface area (Å²) < 4.78 is 10.4. The van der Waals surface area contributed by atoms with Gasteiger partial charge in [-0.25, -0.2) is 0 Å². The van der Waals surface area contributed by atoms with E-state index in [0.29, 0.717) is 22.6 Å². The van der Waals surface area contributed by atoms with Gasteiger partial charge in [0.25, 0.3) is 0 Å². The maximum absolute atomic E-state index is 12.2. The molecule has 0 aliphatic carbocycles. The van der Waals surface area contributed by atoms with Crippen molar-refractivity contribution in [2.24, 2.45) is 0 Å². The van der Waals surface area contributed by atoms with Gasteiger partial charge < -0.3 is 9.47 Å². The molecule has 1 heterocycles. The minimum atomic E-state index is -0.248. The molecule has 0 amide bonds. The van der Waals surface area contributed by atoms with E-state index in [1.807, 2.05) is 6.07 Å². The molecule has 3 rings (SSSR count). The van der Waals surface area contributed by atoms with Crippen LogP contribution in [0, 0.1) is 0 Å². The number of ketones is 2.